The van der Waals surface area contributed by atoms with Crippen LogP contribution in [-0.2, 0) is 19.1 Å². The van der Waals surface area contributed by atoms with E-state index in [1.165, 1.54) is 14.2 Å². The minimum atomic E-state index is -1.16. The molecule has 1 saturated carbocycles. The molecule has 4 heteroatoms. The summed E-state index contributed by atoms with van der Waals surface area (Å²) in [6, 6.07) is 0. The zero-order valence-corrected chi connectivity index (χ0v) is 11.5. The maximum atomic E-state index is 12.1. The number of methoxy groups -OCH3 is 2. The summed E-state index contributed by atoms with van der Waals surface area (Å²) in [5.41, 5.74) is -0.0478. The molecule has 4 nitrogen and oxygen atoms in total. The quantitative estimate of drug-likeness (QED) is 0.436. The van der Waals surface area contributed by atoms with Gasteiger partial charge in [-0.2, -0.15) is 0 Å². The second kappa shape index (κ2) is 5.19. The fourth-order valence-corrected chi connectivity index (χ4v) is 3.34. The smallest absolute Gasteiger partial charge is 0.323 e. The van der Waals surface area contributed by atoms with Gasteiger partial charge in [0.05, 0.1) is 14.2 Å². The normalized spacial score (nSPS) is 28.4. The van der Waals surface area contributed by atoms with E-state index >= 15 is 0 Å². The monoisotopic (exact) mass is 264 g/mol. The van der Waals surface area contributed by atoms with Gasteiger partial charge in [0.2, 0.25) is 0 Å². The number of esters is 2. The number of fused-ring (bicyclic) bond motifs is 1. The Hall–Kier alpha value is -1.58. The van der Waals surface area contributed by atoms with E-state index in [1.54, 1.807) is 0 Å². The molecule has 104 valence electrons. The minimum absolute atomic E-state index is 0.164. The third-order valence-corrected chi connectivity index (χ3v) is 4.36. The van der Waals surface area contributed by atoms with Gasteiger partial charge in [0.15, 0.2) is 5.41 Å². The van der Waals surface area contributed by atoms with E-state index in [0.717, 1.165) is 18.4 Å². The number of hydrogen-bond donors (Lipinski definition) is 0. The average Bonchev–Trinajstić information content (AvgIpc) is 2.74. The van der Waals surface area contributed by atoms with Gasteiger partial charge in [-0.05, 0) is 37.5 Å². The van der Waals surface area contributed by atoms with E-state index in [0.29, 0.717) is 12.8 Å². The predicted molar refractivity (Wildman–Crippen MR) is 70.2 cm³/mol. The molecule has 2 aliphatic carbocycles. The standard InChI is InChI=1S/C15H20O4/c1-10-6-4-5-7-11-8-15(9-12(10)11,13(16)18-2)14(17)19-3/h5,7,11-12H,1,4,6,8-9H2,2-3H3/t11-,12-/m1/s1. The van der Waals surface area contributed by atoms with Crippen molar-refractivity contribution in [3.8, 4) is 0 Å². The van der Waals surface area contributed by atoms with Crippen LogP contribution < -0.4 is 0 Å². The molecular weight excluding hydrogens is 244 g/mol. The van der Waals surface area contributed by atoms with Crippen molar-refractivity contribution >= 4 is 11.9 Å². The van der Waals surface area contributed by atoms with Crippen molar-refractivity contribution in [3.63, 3.8) is 0 Å². The first-order valence-corrected chi connectivity index (χ1v) is 6.56. The van der Waals surface area contributed by atoms with Crippen LogP contribution in [0.25, 0.3) is 0 Å². The van der Waals surface area contributed by atoms with Crippen LogP contribution in [0.15, 0.2) is 24.3 Å². The van der Waals surface area contributed by atoms with E-state index in [4.69, 9.17) is 9.47 Å². The molecule has 0 heterocycles. The maximum absolute atomic E-state index is 12.1. The van der Waals surface area contributed by atoms with Gasteiger partial charge in [0.1, 0.15) is 0 Å². The Kier molecular flexibility index (Phi) is 3.78. The van der Waals surface area contributed by atoms with Crippen LogP contribution >= 0.6 is 0 Å². The molecule has 0 aromatic heterocycles. The fourth-order valence-electron chi connectivity index (χ4n) is 3.34. The van der Waals surface area contributed by atoms with Crippen LogP contribution in [-0.4, -0.2) is 26.2 Å². The van der Waals surface area contributed by atoms with E-state index in [1.807, 2.05) is 0 Å². The van der Waals surface area contributed by atoms with Crippen molar-refractivity contribution in [2.75, 3.05) is 14.2 Å². The molecule has 0 aromatic rings. The second-order valence-electron chi connectivity index (χ2n) is 5.37. The Balaban J connectivity index is 2.36. The molecule has 0 radical (unpaired) electrons. The lowest BCUT2D eigenvalue weighted by atomic mass is 9.83. The summed E-state index contributed by atoms with van der Waals surface area (Å²) in [6.07, 6.45) is 7.01. The molecule has 0 bridgehead atoms. The Morgan fingerprint density at radius 1 is 1.26 bits per heavy atom. The van der Waals surface area contributed by atoms with E-state index in [9.17, 15) is 9.59 Å². The number of allylic oxidation sites excluding steroid dienone is 3. The fraction of sp³-hybridized carbons (Fsp3) is 0.600. The lowest BCUT2D eigenvalue weighted by Gasteiger charge is -2.23. The van der Waals surface area contributed by atoms with Crippen molar-refractivity contribution in [2.45, 2.75) is 25.7 Å². The number of rotatable bonds is 2. The lowest BCUT2D eigenvalue weighted by Crippen LogP contribution is -2.39. The number of hydrogen-bond acceptors (Lipinski definition) is 4. The molecule has 2 rings (SSSR count). The minimum Gasteiger partial charge on any atom is -0.468 e. The van der Waals surface area contributed by atoms with Crippen LogP contribution in [0.1, 0.15) is 25.7 Å². The van der Waals surface area contributed by atoms with Crippen molar-refractivity contribution in [1.29, 1.82) is 0 Å². The highest BCUT2D eigenvalue weighted by Crippen LogP contribution is 2.51. The van der Waals surface area contributed by atoms with Crippen molar-refractivity contribution in [3.05, 3.63) is 24.3 Å². The first-order chi connectivity index (χ1) is 9.05. The van der Waals surface area contributed by atoms with Crippen molar-refractivity contribution in [1.82, 2.24) is 0 Å². The molecule has 0 unspecified atom stereocenters. The van der Waals surface area contributed by atoms with Crippen molar-refractivity contribution in [2.24, 2.45) is 17.3 Å². The molecule has 0 aromatic carbocycles. The highest BCUT2D eigenvalue weighted by atomic mass is 16.5. The van der Waals surface area contributed by atoms with Gasteiger partial charge >= 0.3 is 11.9 Å². The zero-order chi connectivity index (χ0) is 14.0. The second-order valence-corrected chi connectivity index (χ2v) is 5.37. The van der Waals surface area contributed by atoms with Gasteiger partial charge in [0, 0.05) is 0 Å². The van der Waals surface area contributed by atoms with Gasteiger partial charge < -0.3 is 9.47 Å². The molecule has 2 atom stereocenters. The van der Waals surface area contributed by atoms with Crippen LogP contribution in [0.3, 0.4) is 0 Å². The lowest BCUT2D eigenvalue weighted by molar-refractivity contribution is -0.168. The highest BCUT2D eigenvalue weighted by Gasteiger charge is 2.57. The van der Waals surface area contributed by atoms with Crippen LogP contribution in [0.4, 0.5) is 0 Å². The Labute approximate surface area is 113 Å². The van der Waals surface area contributed by atoms with Gasteiger partial charge in [-0.15, -0.1) is 0 Å². The number of ether oxygens (including phenoxy) is 2. The summed E-state index contributed by atoms with van der Waals surface area (Å²) in [4.78, 5) is 24.2. The summed E-state index contributed by atoms with van der Waals surface area (Å²) in [5, 5.41) is 0. The van der Waals surface area contributed by atoms with E-state index in [2.05, 4.69) is 18.7 Å². The van der Waals surface area contributed by atoms with Crippen molar-refractivity contribution < 1.29 is 19.1 Å². The van der Waals surface area contributed by atoms with Crippen LogP contribution in [0, 0.1) is 17.3 Å². The molecule has 0 N–H and O–H groups in total. The molecule has 2 aliphatic rings. The Bertz CT molecular complexity index is 419. The summed E-state index contributed by atoms with van der Waals surface area (Å²) in [6.45, 7) is 4.11. The Morgan fingerprint density at radius 3 is 2.47 bits per heavy atom. The first-order valence-electron chi connectivity index (χ1n) is 6.56. The van der Waals surface area contributed by atoms with Crippen LogP contribution in [0.2, 0.25) is 0 Å². The number of carbonyl (C=O) groups is 2. The molecular formula is C15H20O4. The summed E-state index contributed by atoms with van der Waals surface area (Å²) in [5.74, 6) is -0.646. The molecule has 0 spiro atoms. The SMILES string of the molecule is C=C1CCC=C[C@@H]2CC(C(=O)OC)(C(=O)OC)C[C@H]12. The average molecular weight is 264 g/mol. The third-order valence-electron chi connectivity index (χ3n) is 4.36. The first kappa shape index (κ1) is 13.8. The van der Waals surface area contributed by atoms with E-state index < -0.39 is 17.4 Å². The predicted octanol–water partition coefficient (Wildman–Crippen LogP) is 2.25. The molecule has 1 fully saturated rings. The summed E-state index contributed by atoms with van der Waals surface area (Å²) >= 11 is 0. The summed E-state index contributed by atoms with van der Waals surface area (Å²) in [7, 11) is 2.62. The van der Waals surface area contributed by atoms with Gasteiger partial charge in [0.25, 0.3) is 0 Å². The zero-order valence-electron chi connectivity index (χ0n) is 11.5. The molecule has 0 aliphatic heterocycles. The molecule has 0 amide bonds. The van der Waals surface area contributed by atoms with Gasteiger partial charge in [-0.3, -0.25) is 9.59 Å². The van der Waals surface area contributed by atoms with Gasteiger partial charge in [-0.25, -0.2) is 0 Å². The Morgan fingerprint density at radius 2 is 1.89 bits per heavy atom. The number of carbonyl (C=O) groups excluding carboxylic acids is 2. The third kappa shape index (κ3) is 2.20. The van der Waals surface area contributed by atoms with E-state index in [-0.39, 0.29) is 11.8 Å². The topological polar surface area (TPSA) is 52.6 Å². The van der Waals surface area contributed by atoms with Crippen LogP contribution in [0.5, 0.6) is 0 Å². The molecule has 19 heavy (non-hydrogen) atoms. The largest absolute Gasteiger partial charge is 0.468 e. The van der Waals surface area contributed by atoms with Gasteiger partial charge in [-0.1, -0.05) is 24.3 Å². The maximum Gasteiger partial charge on any atom is 0.323 e. The highest BCUT2D eigenvalue weighted by molar-refractivity contribution is 6.00. The molecule has 0 saturated heterocycles. The summed E-state index contributed by atoms with van der Waals surface area (Å²) < 4.78 is 9.68.